The van der Waals surface area contributed by atoms with Crippen LogP contribution in [0.3, 0.4) is 0 Å². The van der Waals surface area contributed by atoms with Crippen LogP contribution in [0.5, 0.6) is 0 Å². The molecule has 0 N–H and O–H groups in total. The van der Waals surface area contributed by atoms with Gasteiger partial charge < -0.3 is 0 Å². The lowest BCUT2D eigenvalue weighted by Gasteiger charge is -2.25. The van der Waals surface area contributed by atoms with Crippen LogP contribution in [0.1, 0.15) is 54.4 Å². The molecule has 0 spiro atoms. The average Bonchev–Trinajstić information content (AvgIpc) is 1.97. The monoisotopic (exact) mass is 194 g/mol. The van der Waals surface area contributed by atoms with Crippen LogP contribution < -0.4 is 0 Å². The molecular formula is C14H26. The summed E-state index contributed by atoms with van der Waals surface area (Å²) >= 11 is 0. The second-order valence-electron chi connectivity index (χ2n) is 5.63. The summed E-state index contributed by atoms with van der Waals surface area (Å²) in [6.07, 6.45) is 4.77. The zero-order valence-electron chi connectivity index (χ0n) is 10.8. The van der Waals surface area contributed by atoms with Gasteiger partial charge in [-0.05, 0) is 38.0 Å². The molecule has 0 aromatic heterocycles. The number of hydrogen-bond donors (Lipinski definition) is 0. The quantitative estimate of drug-likeness (QED) is 0.542. The lowest BCUT2D eigenvalue weighted by atomic mass is 9.80. The van der Waals surface area contributed by atoms with Crippen LogP contribution in [-0.4, -0.2) is 0 Å². The highest BCUT2D eigenvalue weighted by atomic mass is 14.2. The second-order valence-corrected chi connectivity index (χ2v) is 5.63. The molecule has 0 saturated carbocycles. The van der Waals surface area contributed by atoms with Gasteiger partial charge in [0.05, 0.1) is 0 Å². The molecule has 0 unspecified atom stereocenters. The van der Waals surface area contributed by atoms with E-state index in [1.807, 2.05) is 0 Å². The van der Waals surface area contributed by atoms with Gasteiger partial charge >= 0.3 is 0 Å². The van der Waals surface area contributed by atoms with Crippen LogP contribution in [0, 0.1) is 11.3 Å². The van der Waals surface area contributed by atoms with Crippen molar-refractivity contribution >= 4 is 0 Å². The molecule has 0 aliphatic heterocycles. The molecule has 0 saturated heterocycles. The molecule has 0 bridgehead atoms. The summed E-state index contributed by atoms with van der Waals surface area (Å²) in [5, 5.41) is 0. The first kappa shape index (κ1) is 13.5. The Morgan fingerprint density at radius 1 is 1.29 bits per heavy atom. The lowest BCUT2D eigenvalue weighted by molar-refractivity contribution is 0.290. The van der Waals surface area contributed by atoms with Gasteiger partial charge in [-0.2, -0.15) is 0 Å². The fourth-order valence-corrected chi connectivity index (χ4v) is 1.79. The van der Waals surface area contributed by atoms with Gasteiger partial charge in [0.2, 0.25) is 0 Å². The summed E-state index contributed by atoms with van der Waals surface area (Å²) in [6.45, 7) is 17.4. The van der Waals surface area contributed by atoms with E-state index in [-0.39, 0.29) is 0 Å². The molecule has 0 atom stereocenters. The fourth-order valence-electron chi connectivity index (χ4n) is 1.79. The zero-order valence-corrected chi connectivity index (χ0v) is 10.8. The molecule has 0 aliphatic carbocycles. The predicted molar refractivity (Wildman–Crippen MR) is 66.4 cm³/mol. The molecular weight excluding hydrogens is 168 g/mol. The minimum atomic E-state index is 0.422. The van der Waals surface area contributed by atoms with Gasteiger partial charge in [0.25, 0.3) is 0 Å². The maximum Gasteiger partial charge on any atom is -0.0293 e. The van der Waals surface area contributed by atoms with Gasteiger partial charge in [0, 0.05) is 0 Å². The molecule has 0 heterocycles. The second kappa shape index (κ2) is 5.38. The molecule has 0 fully saturated rings. The summed E-state index contributed by atoms with van der Waals surface area (Å²) in [4.78, 5) is 0. The van der Waals surface area contributed by atoms with Gasteiger partial charge in [-0.3, -0.25) is 0 Å². The predicted octanol–water partition coefficient (Wildman–Crippen LogP) is 4.97. The summed E-state index contributed by atoms with van der Waals surface area (Å²) < 4.78 is 0. The minimum Gasteiger partial charge on any atom is -0.0959 e. The van der Waals surface area contributed by atoms with Crippen LogP contribution in [0.2, 0.25) is 0 Å². The first-order valence-electron chi connectivity index (χ1n) is 5.57. The molecule has 0 radical (unpaired) electrons. The summed E-state index contributed by atoms with van der Waals surface area (Å²) in [5.74, 6) is 0.781. The largest absolute Gasteiger partial charge is 0.0959 e. The topological polar surface area (TPSA) is 0 Å². The molecule has 0 aromatic rings. The molecule has 0 aromatic carbocycles. The van der Waals surface area contributed by atoms with Gasteiger partial charge in [-0.25, -0.2) is 0 Å². The highest BCUT2D eigenvalue weighted by molar-refractivity contribution is 5.23. The van der Waals surface area contributed by atoms with E-state index in [4.69, 9.17) is 0 Å². The Bertz CT molecular complexity index is 216. The molecule has 82 valence electrons. The van der Waals surface area contributed by atoms with Crippen molar-refractivity contribution in [1.82, 2.24) is 0 Å². The van der Waals surface area contributed by atoms with Crippen molar-refractivity contribution in [1.29, 1.82) is 0 Å². The third-order valence-corrected chi connectivity index (χ3v) is 2.59. The Kier molecular flexibility index (Phi) is 5.18. The van der Waals surface area contributed by atoms with Crippen LogP contribution in [0.15, 0.2) is 23.8 Å². The zero-order chi connectivity index (χ0) is 11.4. The van der Waals surface area contributed by atoms with E-state index < -0.39 is 0 Å². The minimum absolute atomic E-state index is 0.422. The van der Waals surface area contributed by atoms with E-state index in [0.29, 0.717) is 5.41 Å². The number of hydrogen-bond acceptors (Lipinski definition) is 0. The molecule has 0 aliphatic rings. The first-order chi connectivity index (χ1) is 6.24. The Morgan fingerprint density at radius 2 is 1.79 bits per heavy atom. The summed E-state index contributed by atoms with van der Waals surface area (Å²) in [5.41, 5.74) is 2.94. The Morgan fingerprint density at radius 3 is 2.14 bits per heavy atom. The maximum absolute atomic E-state index is 3.95. The smallest absolute Gasteiger partial charge is 0.0293 e. The number of rotatable bonds is 5. The summed E-state index contributed by atoms with van der Waals surface area (Å²) in [7, 11) is 0. The molecule has 0 nitrogen and oxygen atoms in total. The third kappa shape index (κ3) is 6.01. The van der Waals surface area contributed by atoms with Gasteiger partial charge in [-0.15, -0.1) is 0 Å². The maximum atomic E-state index is 3.95. The van der Waals surface area contributed by atoms with Crippen molar-refractivity contribution in [2.75, 3.05) is 0 Å². The van der Waals surface area contributed by atoms with E-state index >= 15 is 0 Å². The average molecular weight is 194 g/mol. The fraction of sp³-hybridized carbons (Fsp3) is 0.714. The molecule has 0 amide bonds. The Hall–Kier alpha value is -0.520. The SMILES string of the molecule is C=C(C)C(C)=CCC(C)(C)CC(C)C. The van der Waals surface area contributed by atoms with E-state index in [2.05, 4.69) is 54.2 Å². The summed E-state index contributed by atoms with van der Waals surface area (Å²) in [6, 6.07) is 0. The van der Waals surface area contributed by atoms with E-state index in [1.54, 1.807) is 0 Å². The van der Waals surface area contributed by atoms with E-state index in [9.17, 15) is 0 Å². The standard InChI is InChI=1S/C14H26/c1-11(2)10-14(6,7)9-8-13(5)12(3)4/h8,11H,3,9-10H2,1-2,4-7H3. The van der Waals surface area contributed by atoms with Crippen LogP contribution in [-0.2, 0) is 0 Å². The van der Waals surface area contributed by atoms with Crippen molar-refractivity contribution in [3.63, 3.8) is 0 Å². The molecule has 0 heteroatoms. The Labute approximate surface area is 90.1 Å². The van der Waals surface area contributed by atoms with E-state index in [1.165, 1.54) is 17.6 Å². The third-order valence-electron chi connectivity index (χ3n) is 2.59. The van der Waals surface area contributed by atoms with Crippen molar-refractivity contribution in [3.05, 3.63) is 23.8 Å². The van der Waals surface area contributed by atoms with Crippen LogP contribution >= 0.6 is 0 Å². The van der Waals surface area contributed by atoms with Gasteiger partial charge in [0.1, 0.15) is 0 Å². The highest BCUT2D eigenvalue weighted by Crippen LogP contribution is 2.30. The number of allylic oxidation sites excluding steroid dienone is 3. The van der Waals surface area contributed by atoms with Crippen LogP contribution in [0.4, 0.5) is 0 Å². The normalized spacial score (nSPS) is 13.5. The first-order valence-corrected chi connectivity index (χ1v) is 5.57. The van der Waals surface area contributed by atoms with Crippen LogP contribution in [0.25, 0.3) is 0 Å². The van der Waals surface area contributed by atoms with Gasteiger partial charge in [0.15, 0.2) is 0 Å². The molecule has 0 rings (SSSR count). The lowest BCUT2D eigenvalue weighted by Crippen LogP contribution is -2.13. The van der Waals surface area contributed by atoms with Gasteiger partial charge in [-0.1, -0.05) is 51.5 Å². The highest BCUT2D eigenvalue weighted by Gasteiger charge is 2.17. The van der Waals surface area contributed by atoms with Crippen molar-refractivity contribution in [3.8, 4) is 0 Å². The van der Waals surface area contributed by atoms with Crippen molar-refractivity contribution in [2.45, 2.75) is 54.4 Å². The van der Waals surface area contributed by atoms with Crippen molar-refractivity contribution < 1.29 is 0 Å². The molecule has 14 heavy (non-hydrogen) atoms. The van der Waals surface area contributed by atoms with E-state index in [0.717, 1.165) is 12.3 Å². The Balaban J connectivity index is 4.23. The van der Waals surface area contributed by atoms with Crippen molar-refractivity contribution in [2.24, 2.45) is 11.3 Å².